The summed E-state index contributed by atoms with van der Waals surface area (Å²) in [6, 6.07) is 6.22. The van der Waals surface area contributed by atoms with Crippen molar-refractivity contribution in [3.63, 3.8) is 0 Å². The molecule has 1 atom stereocenters. The molecule has 3 N–H and O–H groups in total. The van der Waals surface area contributed by atoms with Crippen LogP contribution in [0.15, 0.2) is 29.2 Å². The average molecular weight is 298 g/mol. The Morgan fingerprint density at radius 1 is 1.30 bits per heavy atom. The minimum Gasteiger partial charge on any atom is -0.368 e. The van der Waals surface area contributed by atoms with Gasteiger partial charge in [-0.25, -0.2) is 8.42 Å². The first-order valence-corrected chi connectivity index (χ1v) is 8.32. The van der Waals surface area contributed by atoms with E-state index in [1.165, 1.54) is 12.1 Å². The summed E-state index contributed by atoms with van der Waals surface area (Å²) in [5.74, 6) is -0.130. The van der Waals surface area contributed by atoms with Crippen molar-refractivity contribution in [3.05, 3.63) is 29.8 Å². The Hall–Kier alpha value is -1.40. The summed E-state index contributed by atoms with van der Waals surface area (Å²) in [5.41, 5.74) is 5.13. The molecule has 20 heavy (non-hydrogen) atoms. The lowest BCUT2D eigenvalue weighted by atomic mass is 9.90. The van der Waals surface area contributed by atoms with Gasteiger partial charge in [0.1, 0.15) is 5.54 Å². The monoisotopic (exact) mass is 298 g/mol. The van der Waals surface area contributed by atoms with Gasteiger partial charge in [0, 0.05) is 6.26 Å². The van der Waals surface area contributed by atoms with Crippen molar-refractivity contribution in [2.45, 2.75) is 31.2 Å². The molecule has 0 radical (unpaired) electrons. The third kappa shape index (κ3) is 3.80. The van der Waals surface area contributed by atoms with Crippen molar-refractivity contribution in [2.75, 3.05) is 12.8 Å². The van der Waals surface area contributed by atoms with Crippen molar-refractivity contribution in [1.82, 2.24) is 5.32 Å². The normalized spacial score (nSPS) is 15.1. The number of benzene rings is 1. The van der Waals surface area contributed by atoms with Gasteiger partial charge >= 0.3 is 0 Å². The molecular weight excluding hydrogens is 276 g/mol. The molecule has 0 aliphatic heterocycles. The first-order valence-electron chi connectivity index (χ1n) is 6.43. The molecule has 0 aliphatic rings. The van der Waals surface area contributed by atoms with E-state index in [1.54, 1.807) is 19.1 Å². The molecule has 0 spiro atoms. The highest BCUT2D eigenvalue weighted by atomic mass is 32.2. The van der Waals surface area contributed by atoms with Crippen LogP contribution in [0.1, 0.15) is 26.3 Å². The molecular formula is C14H22N2O3S. The highest BCUT2D eigenvalue weighted by Gasteiger charge is 2.32. The fourth-order valence-electron chi connectivity index (χ4n) is 1.78. The van der Waals surface area contributed by atoms with E-state index in [0.717, 1.165) is 6.26 Å². The fourth-order valence-corrected chi connectivity index (χ4v) is 2.41. The zero-order valence-corrected chi connectivity index (χ0v) is 13.1. The summed E-state index contributed by atoms with van der Waals surface area (Å²) < 4.78 is 22.9. The van der Waals surface area contributed by atoms with E-state index in [4.69, 9.17) is 5.73 Å². The van der Waals surface area contributed by atoms with Gasteiger partial charge in [0.05, 0.1) is 4.90 Å². The first kappa shape index (κ1) is 16.7. The van der Waals surface area contributed by atoms with Crippen LogP contribution in [0.5, 0.6) is 0 Å². The lowest BCUT2D eigenvalue weighted by Crippen LogP contribution is -2.51. The lowest BCUT2D eigenvalue weighted by Gasteiger charge is -2.29. The largest absolute Gasteiger partial charge is 0.368 e. The van der Waals surface area contributed by atoms with Crippen LogP contribution in [0.4, 0.5) is 0 Å². The summed E-state index contributed by atoms with van der Waals surface area (Å²) in [6.07, 6.45) is 1.15. The van der Waals surface area contributed by atoms with E-state index < -0.39 is 21.3 Å². The van der Waals surface area contributed by atoms with Crippen molar-refractivity contribution in [2.24, 2.45) is 11.7 Å². The van der Waals surface area contributed by atoms with E-state index >= 15 is 0 Å². The molecule has 0 bridgehead atoms. The Kier molecular flexibility index (Phi) is 4.94. The Bertz CT molecular complexity index is 579. The SMILES string of the molecule is CC(C)CNC(C)(C(N)=O)c1ccc(S(C)(=O)=O)cc1. The maximum atomic E-state index is 11.8. The van der Waals surface area contributed by atoms with E-state index in [-0.39, 0.29) is 4.90 Å². The predicted octanol–water partition coefficient (Wildman–Crippen LogP) is 1.04. The highest BCUT2D eigenvalue weighted by Crippen LogP contribution is 2.22. The van der Waals surface area contributed by atoms with Gasteiger partial charge in [0.2, 0.25) is 5.91 Å². The van der Waals surface area contributed by atoms with Gasteiger partial charge in [-0.2, -0.15) is 0 Å². The van der Waals surface area contributed by atoms with Gasteiger partial charge in [-0.3, -0.25) is 10.1 Å². The molecule has 1 aromatic carbocycles. The topological polar surface area (TPSA) is 89.3 Å². The molecule has 1 aromatic rings. The van der Waals surface area contributed by atoms with E-state index in [0.29, 0.717) is 18.0 Å². The van der Waals surface area contributed by atoms with Crippen LogP contribution in [0.2, 0.25) is 0 Å². The molecule has 112 valence electrons. The summed E-state index contributed by atoms with van der Waals surface area (Å²) >= 11 is 0. The van der Waals surface area contributed by atoms with E-state index in [1.807, 2.05) is 13.8 Å². The predicted molar refractivity (Wildman–Crippen MR) is 78.9 cm³/mol. The van der Waals surface area contributed by atoms with Crippen LogP contribution in [0, 0.1) is 5.92 Å². The number of nitrogens with one attached hydrogen (secondary N) is 1. The number of amides is 1. The third-order valence-corrected chi connectivity index (χ3v) is 4.34. The zero-order valence-electron chi connectivity index (χ0n) is 12.3. The lowest BCUT2D eigenvalue weighted by molar-refractivity contribution is -0.124. The number of primary amides is 1. The molecule has 0 aliphatic carbocycles. The second kappa shape index (κ2) is 5.93. The van der Waals surface area contributed by atoms with Crippen LogP contribution >= 0.6 is 0 Å². The van der Waals surface area contributed by atoms with Crippen LogP contribution in [-0.2, 0) is 20.2 Å². The van der Waals surface area contributed by atoms with E-state index in [9.17, 15) is 13.2 Å². The Morgan fingerprint density at radius 3 is 2.15 bits per heavy atom. The summed E-state index contributed by atoms with van der Waals surface area (Å²) in [5, 5.41) is 3.15. The number of rotatable bonds is 6. The molecule has 0 fully saturated rings. The second-order valence-electron chi connectivity index (χ2n) is 5.56. The Balaban J connectivity index is 3.13. The van der Waals surface area contributed by atoms with Crippen molar-refractivity contribution >= 4 is 15.7 Å². The maximum Gasteiger partial charge on any atom is 0.242 e. The minimum atomic E-state index is -3.25. The zero-order chi connectivity index (χ0) is 15.6. The average Bonchev–Trinajstić information content (AvgIpc) is 2.34. The first-order chi connectivity index (χ1) is 9.07. The molecule has 1 amide bonds. The van der Waals surface area contributed by atoms with Crippen LogP contribution in [-0.4, -0.2) is 27.1 Å². The van der Waals surface area contributed by atoms with Gasteiger partial charge in [0.15, 0.2) is 9.84 Å². The molecule has 1 unspecified atom stereocenters. The second-order valence-corrected chi connectivity index (χ2v) is 7.58. The number of nitrogens with two attached hydrogens (primary N) is 1. The molecule has 0 aromatic heterocycles. The standard InChI is InChI=1S/C14H22N2O3S/c1-10(2)9-16-14(3,13(15)17)11-5-7-12(8-6-11)20(4,18)19/h5-8,10,16H,9H2,1-4H3,(H2,15,17). The highest BCUT2D eigenvalue weighted by molar-refractivity contribution is 7.90. The Labute approximate surface area is 120 Å². The number of sulfone groups is 1. The van der Waals surface area contributed by atoms with Crippen molar-refractivity contribution in [1.29, 1.82) is 0 Å². The third-order valence-electron chi connectivity index (χ3n) is 3.22. The van der Waals surface area contributed by atoms with Gasteiger partial charge in [-0.1, -0.05) is 26.0 Å². The maximum absolute atomic E-state index is 11.8. The molecule has 1 rings (SSSR count). The molecule has 5 nitrogen and oxygen atoms in total. The van der Waals surface area contributed by atoms with Gasteiger partial charge in [-0.05, 0) is 37.1 Å². The summed E-state index contributed by atoms with van der Waals surface area (Å²) in [7, 11) is -3.25. The summed E-state index contributed by atoms with van der Waals surface area (Å²) in [6.45, 7) is 6.39. The number of carbonyl (C=O) groups is 1. The Morgan fingerprint density at radius 2 is 1.80 bits per heavy atom. The van der Waals surface area contributed by atoms with E-state index in [2.05, 4.69) is 5.32 Å². The van der Waals surface area contributed by atoms with Gasteiger partial charge < -0.3 is 5.73 Å². The van der Waals surface area contributed by atoms with Gasteiger partial charge in [0.25, 0.3) is 0 Å². The number of hydrogen-bond acceptors (Lipinski definition) is 4. The van der Waals surface area contributed by atoms with Gasteiger partial charge in [-0.15, -0.1) is 0 Å². The minimum absolute atomic E-state index is 0.219. The molecule has 0 heterocycles. The summed E-state index contributed by atoms with van der Waals surface area (Å²) in [4.78, 5) is 12.0. The number of carbonyl (C=O) groups excluding carboxylic acids is 1. The van der Waals surface area contributed by atoms with Crippen molar-refractivity contribution in [3.8, 4) is 0 Å². The smallest absolute Gasteiger partial charge is 0.242 e. The van der Waals surface area contributed by atoms with Crippen LogP contribution in [0.25, 0.3) is 0 Å². The van der Waals surface area contributed by atoms with Crippen molar-refractivity contribution < 1.29 is 13.2 Å². The molecule has 0 saturated carbocycles. The molecule has 6 heteroatoms. The molecule has 0 saturated heterocycles. The van der Waals surface area contributed by atoms with Crippen LogP contribution < -0.4 is 11.1 Å². The quantitative estimate of drug-likeness (QED) is 0.821. The van der Waals surface area contributed by atoms with Crippen LogP contribution in [0.3, 0.4) is 0 Å². The number of hydrogen-bond donors (Lipinski definition) is 2. The fraction of sp³-hybridized carbons (Fsp3) is 0.500.